The summed E-state index contributed by atoms with van der Waals surface area (Å²) in [4.78, 5) is 24.8. The molecular weight excluding hydrogens is 300 g/mol. The van der Waals surface area contributed by atoms with E-state index in [-0.39, 0.29) is 22.8 Å². The number of nitrogens with one attached hydrogen (secondary N) is 3. The Bertz CT molecular complexity index is 914. The van der Waals surface area contributed by atoms with Crippen LogP contribution in [-0.2, 0) is 0 Å². The van der Waals surface area contributed by atoms with Crippen molar-refractivity contribution in [3.63, 3.8) is 0 Å². The highest BCUT2D eigenvalue weighted by Crippen LogP contribution is 2.26. The Kier molecular flexibility index (Phi) is 3.91. The number of fused-ring (bicyclic) bond motifs is 1. The minimum atomic E-state index is -0.309. The second-order valence-electron chi connectivity index (χ2n) is 4.55. The zero-order valence-corrected chi connectivity index (χ0v) is 12.2. The number of ether oxygens (including phenoxy) is 1. The highest BCUT2D eigenvalue weighted by atomic mass is 16.5. The van der Waals surface area contributed by atoms with Gasteiger partial charge in [0, 0.05) is 0 Å². The quantitative estimate of drug-likeness (QED) is 0.414. The maximum Gasteiger partial charge on any atom is 0.276 e. The van der Waals surface area contributed by atoms with Gasteiger partial charge >= 0.3 is 0 Å². The number of aromatic amines is 2. The Morgan fingerprint density at radius 1 is 1.48 bits per heavy atom. The van der Waals surface area contributed by atoms with Crippen LogP contribution in [0.3, 0.4) is 0 Å². The van der Waals surface area contributed by atoms with Gasteiger partial charge in [0.25, 0.3) is 5.56 Å². The second-order valence-corrected chi connectivity index (χ2v) is 4.55. The molecule has 0 saturated heterocycles. The molecule has 0 fully saturated rings. The molecule has 0 radical (unpaired) electrons. The van der Waals surface area contributed by atoms with E-state index in [1.807, 2.05) is 6.92 Å². The summed E-state index contributed by atoms with van der Waals surface area (Å²) < 4.78 is 5.25. The van der Waals surface area contributed by atoms with Crippen molar-refractivity contribution < 1.29 is 9.84 Å². The summed E-state index contributed by atoms with van der Waals surface area (Å²) >= 11 is 0. The number of phenols is 1. The molecule has 2 heterocycles. The number of imidazole rings is 1. The van der Waals surface area contributed by atoms with Gasteiger partial charge in [-0.05, 0) is 30.7 Å². The van der Waals surface area contributed by atoms with Crippen molar-refractivity contribution in [2.24, 2.45) is 5.10 Å². The fraction of sp³-hybridized carbons (Fsp3) is 0.143. The largest absolute Gasteiger partial charge is 0.504 e. The van der Waals surface area contributed by atoms with Gasteiger partial charge in [-0.25, -0.2) is 10.4 Å². The number of hydrazone groups is 1. The fourth-order valence-electron chi connectivity index (χ4n) is 1.95. The lowest BCUT2D eigenvalue weighted by atomic mass is 10.2. The number of nitrogens with zero attached hydrogens (tertiary/aromatic N) is 3. The molecule has 118 valence electrons. The lowest BCUT2D eigenvalue weighted by molar-refractivity contribution is 0.318. The minimum absolute atomic E-state index is 0.0373. The van der Waals surface area contributed by atoms with Crippen LogP contribution in [0.25, 0.3) is 11.2 Å². The summed E-state index contributed by atoms with van der Waals surface area (Å²) in [6, 6.07) is 4.94. The van der Waals surface area contributed by atoms with Crippen LogP contribution in [0.1, 0.15) is 12.5 Å². The fourth-order valence-corrected chi connectivity index (χ4v) is 1.95. The molecule has 3 aromatic rings. The molecule has 0 bridgehead atoms. The minimum Gasteiger partial charge on any atom is -0.504 e. The van der Waals surface area contributed by atoms with Crippen LogP contribution in [-0.4, -0.2) is 37.9 Å². The van der Waals surface area contributed by atoms with E-state index in [4.69, 9.17) is 4.74 Å². The van der Waals surface area contributed by atoms with Crippen molar-refractivity contribution in [1.29, 1.82) is 0 Å². The summed E-state index contributed by atoms with van der Waals surface area (Å²) in [5.41, 5.74) is 3.59. The number of hydrogen-bond donors (Lipinski definition) is 4. The Labute approximate surface area is 130 Å². The van der Waals surface area contributed by atoms with Gasteiger partial charge in [0.1, 0.15) is 0 Å². The molecule has 9 nitrogen and oxygen atoms in total. The van der Waals surface area contributed by atoms with E-state index in [9.17, 15) is 9.90 Å². The van der Waals surface area contributed by atoms with Gasteiger partial charge < -0.3 is 19.8 Å². The smallest absolute Gasteiger partial charge is 0.276 e. The Balaban J connectivity index is 1.74. The van der Waals surface area contributed by atoms with Crippen molar-refractivity contribution in [2.45, 2.75) is 6.92 Å². The zero-order valence-electron chi connectivity index (χ0n) is 12.2. The maximum atomic E-state index is 11.5. The first-order valence-electron chi connectivity index (χ1n) is 6.85. The maximum absolute atomic E-state index is 11.5. The van der Waals surface area contributed by atoms with Gasteiger partial charge in [-0.15, -0.1) is 0 Å². The molecule has 23 heavy (non-hydrogen) atoms. The standard InChI is InChI=1S/C14H14N6O3/c1-2-23-10-4-3-8(5-9(10)21)6-17-20-14-18-11-12(19-14)15-7-16-13(11)22/h3-7,21H,2H2,1H3,(H3,15,16,18,19,20,22). The summed E-state index contributed by atoms with van der Waals surface area (Å²) in [5, 5.41) is 13.8. The molecule has 9 heteroatoms. The van der Waals surface area contributed by atoms with Crippen LogP contribution in [0.2, 0.25) is 0 Å². The van der Waals surface area contributed by atoms with E-state index < -0.39 is 0 Å². The van der Waals surface area contributed by atoms with Crippen molar-refractivity contribution in [3.8, 4) is 11.5 Å². The molecule has 0 atom stereocenters. The van der Waals surface area contributed by atoms with E-state index in [1.165, 1.54) is 18.6 Å². The highest BCUT2D eigenvalue weighted by Gasteiger charge is 2.06. The molecule has 0 aliphatic rings. The van der Waals surface area contributed by atoms with Gasteiger partial charge in [0.2, 0.25) is 5.95 Å². The predicted molar refractivity (Wildman–Crippen MR) is 85.0 cm³/mol. The van der Waals surface area contributed by atoms with Gasteiger partial charge in [-0.3, -0.25) is 4.79 Å². The first-order chi connectivity index (χ1) is 11.2. The summed E-state index contributed by atoms with van der Waals surface area (Å²) in [7, 11) is 0. The lowest BCUT2D eigenvalue weighted by Crippen LogP contribution is -2.05. The summed E-state index contributed by atoms with van der Waals surface area (Å²) in [5.74, 6) is 0.742. The third-order valence-corrected chi connectivity index (χ3v) is 2.96. The first-order valence-corrected chi connectivity index (χ1v) is 6.85. The van der Waals surface area contributed by atoms with Crippen molar-refractivity contribution >= 4 is 23.3 Å². The average molecular weight is 314 g/mol. The molecule has 2 aromatic heterocycles. The van der Waals surface area contributed by atoms with E-state index in [1.54, 1.807) is 12.1 Å². The molecule has 3 rings (SSSR count). The Morgan fingerprint density at radius 3 is 3.09 bits per heavy atom. The molecule has 0 saturated carbocycles. The number of aromatic nitrogens is 4. The van der Waals surface area contributed by atoms with Crippen LogP contribution in [0.15, 0.2) is 34.4 Å². The number of aromatic hydroxyl groups is 1. The Hall–Kier alpha value is -3.36. The predicted octanol–water partition coefficient (Wildman–Crippen LogP) is 1.20. The number of anilines is 1. The van der Waals surface area contributed by atoms with E-state index in [0.717, 1.165) is 0 Å². The zero-order chi connectivity index (χ0) is 16.2. The lowest BCUT2D eigenvalue weighted by Gasteiger charge is -2.05. The topological polar surface area (TPSA) is 128 Å². The second kappa shape index (κ2) is 6.18. The van der Waals surface area contributed by atoms with Gasteiger partial charge in [0.05, 0.1) is 19.1 Å². The molecule has 0 unspecified atom stereocenters. The Morgan fingerprint density at radius 2 is 2.35 bits per heavy atom. The summed E-state index contributed by atoms with van der Waals surface area (Å²) in [6.07, 6.45) is 2.78. The molecule has 1 aromatic carbocycles. The van der Waals surface area contributed by atoms with E-state index in [2.05, 4.69) is 30.5 Å². The van der Waals surface area contributed by atoms with E-state index >= 15 is 0 Å². The van der Waals surface area contributed by atoms with Crippen LogP contribution in [0.4, 0.5) is 5.95 Å². The number of phenolic OH excluding ortho intramolecular Hbond substituents is 1. The van der Waals surface area contributed by atoms with Crippen molar-refractivity contribution in [3.05, 3.63) is 40.4 Å². The highest BCUT2D eigenvalue weighted by molar-refractivity contribution is 5.81. The third kappa shape index (κ3) is 3.12. The van der Waals surface area contributed by atoms with Gasteiger partial charge in [-0.1, -0.05) is 0 Å². The average Bonchev–Trinajstić information content (AvgIpc) is 2.94. The SMILES string of the molecule is CCOc1ccc(C=NNc2nc3nc[nH]c(=O)c3[nH]2)cc1O. The van der Waals surface area contributed by atoms with Crippen LogP contribution in [0.5, 0.6) is 11.5 Å². The molecular formula is C14H14N6O3. The van der Waals surface area contributed by atoms with Crippen LogP contribution < -0.4 is 15.7 Å². The number of H-pyrrole nitrogens is 2. The van der Waals surface area contributed by atoms with Gasteiger partial charge in [0.15, 0.2) is 22.7 Å². The monoisotopic (exact) mass is 314 g/mol. The molecule has 0 aliphatic heterocycles. The van der Waals surface area contributed by atoms with Gasteiger partial charge in [-0.2, -0.15) is 10.1 Å². The third-order valence-electron chi connectivity index (χ3n) is 2.96. The molecule has 4 N–H and O–H groups in total. The molecule has 0 spiro atoms. The van der Waals surface area contributed by atoms with Crippen LogP contribution in [0, 0.1) is 0 Å². The van der Waals surface area contributed by atoms with Crippen LogP contribution >= 0.6 is 0 Å². The number of rotatable bonds is 5. The summed E-state index contributed by atoms with van der Waals surface area (Å²) in [6.45, 7) is 2.31. The van der Waals surface area contributed by atoms with E-state index in [0.29, 0.717) is 23.6 Å². The number of hydrogen-bond acceptors (Lipinski definition) is 7. The normalized spacial score (nSPS) is 11.2. The van der Waals surface area contributed by atoms with Crippen molar-refractivity contribution in [1.82, 2.24) is 19.9 Å². The number of benzene rings is 1. The molecule has 0 aliphatic carbocycles. The van der Waals surface area contributed by atoms with Crippen molar-refractivity contribution in [2.75, 3.05) is 12.0 Å². The molecule has 0 amide bonds. The first kappa shape index (κ1) is 14.6.